The van der Waals surface area contributed by atoms with E-state index in [1.807, 2.05) is 6.92 Å². The molecule has 2 aliphatic rings. The highest BCUT2D eigenvalue weighted by Gasteiger charge is 2.56. The van der Waals surface area contributed by atoms with Crippen LogP contribution in [0, 0.1) is 18.3 Å². The third-order valence-electron chi connectivity index (χ3n) is 5.68. The lowest BCUT2D eigenvalue weighted by molar-refractivity contribution is -0.149. The molecule has 0 aromatic carbocycles. The van der Waals surface area contributed by atoms with Gasteiger partial charge < -0.3 is 19.7 Å². The highest BCUT2D eigenvalue weighted by Crippen LogP contribution is 2.49. The third kappa shape index (κ3) is 2.93. The number of carbonyl (C=O) groups excluding carboxylic acids is 2. The first-order chi connectivity index (χ1) is 12.9. The van der Waals surface area contributed by atoms with E-state index in [0.717, 1.165) is 18.4 Å². The maximum absolute atomic E-state index is 13.0. The first kappa shape index (κ1) is 17.8. The van der Waals surface area contributed by atoms with Gasteiger partial charge in [0.1, 0.15) is 0 Å². The Hall–Kier alpha value is -2.61. The number of aryl methyl sites for hydroxylation is 1. The van der Waals surface area contributed by atoms with Crippen LogP contribution in [0.1, 0.15) is 45.1 Å². The molecule has 4 rings (SSSR count). The zero-order valence-corrected chi connectivity index (χ0v) is 15.7. The number of amides is 2. The summed E-state index contributed by atoms with van der Waals surface area (Å²) in [7, 11) is 0. The maximum Gasteiger partial charge on any atom is 0.311 e. The van der Waals surface area contributed by atoms with Gasteiger partial charge in [-0.1, -0.05) is 6.42 Å². The van der Waals surface area contributed by atoms with Gasteiger partial charge in [0, 0.05) is 13.1 Å². The molecule has 8 heteroatoms. The normalized spacial score (nSPS) is 24.0. The summed E-state index contributed by atoms with van der Waals surface area (Å²) in [5, 5.41) is 13.0. The lowest BCUT2D eigenvalue weighted by Gasteiger charge is -2.23. The van der Waals surface area contributed by atoms with Crippen molar-refractivity contribution in [2.45, 2.75) is 26.2 Å². The van der Waals surface area contributed by atoms with Crippen molar-refractivity contribution >= 4 is 34.1 Å². The lowest BCUT2D eigenvalue weighted by Crippen LogP contribution is -2.37. The zero-order chi connectivity index (χ0) is 19.2. The standard InChI is InChI=1S/C19H20N2O5S/c1-11-8-14(20-16(22)13-5-3-7-26-13)27-15(11)17(23)21-9-12-4-2-6-19(12,10-21)18(24)25/h3,5,7-8,12H,2,4,6,9-10H2,1H3,(H,20,22)(H,24,25)/t12-,19+/m0/s1. The number of furan rings is 1. The molecule has 0 bridgehead atoms. The van der Waals surface area contributed by atoms with E-state index in [4.69, 9.17) is 4.42 Å². The molecule has 142 valence electrons. The second-order valence-corrected chi connectivity index (χ2v) is 8.34. The van der Waals surface area contributed by atoms with E-state index in [1.165, 1.54) is 17.6 Å². The van der Waals surface area contributed by atoms with E-state index in [1.54, 1.807) is 23.1 Å². The number of fused-ring (bicyclic) bond motifs is 1. The molecule has 27 heavy (non-hydrogen) atoms. The Morgan fingerprint density at radius 1 is 1.41 bits per heavy atom. The second-order valence-electron chi connectivity index (χ2n) is 7.29. The number of anilines is 1. The molecule has 2 aromatic heterocycles. The van der Waals surface area contributed by atoms with Gasteiger partial charge in [0.05, 0.1) is 21.6 Å². The summed E-state index contributed by atoms with van der Waals surface area (Å²) in [5.41, 5.74) is -0.0295. The molecule has 2 N–H and O–H groups in total. The average molecular weight is 388 g/mol. The van der Waals surface area contributed by atoms with Crippen LogP contribution in [0.5, 0.6) is 0 Å². The van der Waals surface area contributed by atoms with Crippen LogP contribution >= 0.6 is 11.3 Å². The highest BCUT2D eigenvalue weighted by molar-refractivity contribution is 7.18. The summed E-state index contributed by atoms with van der Waals surface area (Å²) in [6.45, 7) is 2.56. The number of likely N-dealkylation sites (tertiary alicyclic amines) is 1. The first-order valence-corrected chi connectivity index (χ1v) is 9.70. The van der Waals surface area contributed by atoms with Crippen LogP contribution in [-0.4, -0.2) is 40.9 Å². The molecule has 0 radical (unpaired) electrons. The number of thiophene rings is 1. The molecular weight excluding hydrogens is 368 g/mol. The smallest absolute Gasteiger partial charge is 0.311 e. The maximum atomic E-state index is 13.0. The number of nitrogens with zero attached hydrogens (tertiary/aromatic N) is 1. The molecule has 7 nitrogen and oxygen atoms in total. The number of carboxylic acids is 1. The van der Waals surface area contributed by atoms with Gasteiger partial charge in [-0.05, 0) is 49.4 Å². The molecule has 0 spiro atoms. The molecule has 2 amide bonds. The SMILES string of the molecule is Cc1cc(NC(=O)c2ccco2)sc1C(=O)N1C[C@@H]2CCC[C@@]2(C(=O)O)C1. The van der Waals surface area contributed by atoms with E-state index in [2.05, 4.69) is 5.32 Å². The fraction of sp³-hybridized carbons (Fsp3) is 0.421. The fourth-order valence-electron chi connectivity index (χ4n) is 4.27. The van der Waals surface area contributed by atoms with Crippen LogP contribution in [0.2, 0.25) is 0 Å². The van der Waals surface area contributed by atoms with E-state index < -0.39 is 11.4 Å². The summed E-state index contributed by atoms with van der Waals surface area (Å²) in [5.74, 6) is -1.11. The molecule has 1 aliphatic carbocycles. The topological polar surface area (TPSA) is 99.9 Å². The van der Waals surface area contributed by atoms with Gasteiger partial charge in [0.25, 0.3) is 11.8 Å². The molecule has 2 atom stereocenters. The first-order valence-electron chi connectivity index (χ1n) is 8.89. The van der Waals surface area contributed by atoms with Crippen LogP contribution in [-0.2, 0) is 4.79 Å². The summed E-state index contributed by atoms with van der Waals surface area (Å²) >= 11 is 1.20. The van der Waals surface area contributed by atoms with Crippen molar-refractivity contribution in [3.63, 3.8) is 0 Å². The predicted octanol–water partition coefficient (Wildman–Crippen LogP) is 3.23. The largest absolute Gasteiger partial charge is 0.481 e. The van der Waals surface area contributed by atoms with Gasteiger partial charge in [0.15, 0.2) is 5.76 Å². The Bertz CT molecular complexity index is 903. The van der Waals surface area contributed by atoms with Crippen molar-refractivity contribution in [3.8, 4) is 0 Å². The van der Waals surface area contributed by atoms with Crippen molar-refractivity contribution in [1.29, 1.82) is 0 Å². The van der Waals surface area contributed by atoms with Crippen molar-refractivity contribution in [1.82, 2.24) is 4.90 Å². The van der Waals surface area contributed by atoms with Crippen LogP contribution in [0.15, 0.2) is 28.9 Å². The minimum absolute atomic E-state index is 0.0253. The number of aliphatic carboxylic acids is 1. The Morgan fingerprint density at radius 2 is 2.22 bits per heavy atom. The van der Waals surface area contributed by atoms with Gasteiger partial charge in [-0.2, -0.15) is 0 Å². The van der Waals surface area contributed by atoms with Crippen LogP contribution < -0.4 is 5.32 Å². The van der Waals surface area contributed by atoms with E-state index in [0.29, 0.717) is 22.8 Å². The Kier molecular flexibility index (Phi) is 4.30. The van der Waals surface area contributed by atoms with Crippen molar-refractivity contribution in [2.75, 3.05) is 18.4 Å². The number of hydrogen-bond acceptors (Lipinski definition) is 5. The molecule has 1 saturated carbocycles. The summed E-state index contributed by atoms with van der Waals surface area (Å²) in [4.78, 5) is 39.1. The van der Waals surface area contributed by atoms with Gasteiger partial charge >= 0.3 is 5.97 Å². The van der Waals surface area contributed by atoms with Gasteiger partial charge in [-0.25, -0.2) is 0 Å². The van der Waals surface area contributed by atoms with Crippen molar-refractivity contribution in [3.05, 3.63) is 40.7 Å². The van der Waals surface area contributed by atoms with Gasteiger partial charge in [-0.3, -0.25) is 14.4 Å². The van der Waals surface area contributed by atoms with E-state index in [-0.39, 0.29) is 30.0 Å². The second kappa shape index (κ2) is 6.53. The fourth-order valence-corrected chi connectivity index (χ4v) is 5.31. The molecule has 3 heterocycles. The summed E-state index contributed by atoms with van der Waals surface area (Å²) < 4.78 is 5.07. The van der Waals surface area contributed by atoms with Gasteiger partial charge in [-0.15, -0.1) is 11.3 Å². The van der Waals surface area contributed by atoms with Crippen molar-refractivity contribution in [2.24, 2.45) is 11.3 Å². The van der Waals surface area contributed by atoms with Crippen LogP contribution in [0.25, 0.3) is 0 Å². The Labute approximate surface area is 160 Å². The minimum Gasteiger partial charge on any atom is -0.481 e. The van der Waals surface area contributed by atoms with E-state index >= 15 is 0 Å². The lowest BCUT2D eigenvalue weighted by atomic mass is 9.81. The minimum atomic E-state index is -0.797. The number of carbonyl (C=O) groups is 3. The number of hydrogen-bond donors (Lipinski definition) is 2. The molecule has 1 aliphatic heterocycles. The summed E-state index contributed by atoms with van der Waals surface area (Å²) in [6.07, 6.45) is 3.81. The van der Waals surface area contributed by atoms with Crippen LogP contribution in [0.3, 0.4) is 0 Å². The van der Waals surface area contributed by atoms with E-state index in [9.17, 15) is 19.5 Å². The third-order valence-corrected chi connectivity index (χ3v) is 6.82. The van der Waals surface area contributed by atoms with Crippen LogP contribution in [0.4, 0.5) is 5.00 Å². The highest BCUT2D eigenvalue weighted by atomic mass is 32.1. The molecule has 1 saturated heterocycles. The predicted molar refractivity (Wildman–Crippen MR) is 99.0 cm³/mol. The Morgan fingerprint density at radius 3 is 2.89 bits per heavy atom. The molecule has 0 unspecified atom stereocenters. The van der Waals surface area contributed by atoms with Crippen molar-refractivity contribution < 1.29 is 23.9 Å². The molecular formula is C19H20N2O5S. The monoisotopic (exact) mass is 388 g/mol. The van der Waals surface area contributed by atoms with Gasteiger partial charge in [0.2, 0.25) is 0 Å². The summed E-state index contributed by atoms with van der Waals surface area (Å²) in [6, 6.07) is 4.95. The Balaban J connectivity index is 1.51. The zero-order valence-electron chi connectivity index (χ0n) is 14.9. The number of nitrogens with one attached hydrogen (secondary N) is 1. The number of rotatable bonds is 4. The molecule has 2 aromatic rings. The molecule has 2 fully saturated rings. The number of carboxylic acid groups (broad SMARTS) is 1. The average Bonchev–Trinajstić information content (AvgIpc) is 3.37. The quantitative estimate of drug-likeness (QED) is 0.838.